The average molecular weight is 473 g/mol. The summed E-state index contributed by atoms with van der Waals surface area (Å²) in [5.74, 6) is 0.257. The zero-order chi connectivity index (χ0) is 24.4. The van der Waals surface area contributed by atoms with Gasteiger partial charge in [0.2, 0.25) is 11.8 Å². The minimum Gasteiger partial charge on any atom is -0.338 e. The second-order valence-electron chi connectivity index (χ2n) is 10.00. The van der Waals surface area contributed by atoms with Crippen molar-refractivity contribution in [2.45, 2.75) is 64.2 Å². The van der Waals surface area contributed by atoms with E-state index in [-0.39, 0.29) is 11.8 Å². The van der Waals surface area contributed by atoms with Crippen molar-refractivity contribution in [1.29, 1.82) is 0 Å². The predicted molar refractivity (Wildman–Crippen MR) is 140 cm³/mol. The Labute approximate surface area is 208 Å². The first kappa shape index (κ1) is 23.6. The molecule has 2 aliphatic rings. The van der Waals surface area contributed by atoms with Gasteiger partial charge in [0.1, 0.15) is 6.54 Å². The number of aromatic nitrogens is 1. The molecule has 1 saturated heterocycles. The molecule has 6 heteroatoms. The molecule has 1 aromatic heterocycles. The first-order valence-electron chi connectivity index (χ1n) is 13.0. The van der Waals surface area contributed by atoms with Crippen LogP contribution in [0.3, 0.4) is 0 Å². The van der Waals surface area contributed by atoms with Gasteiger partial charge in [-0.3, -0.25) is 14.5 Å². The Hall–Kier alpha value is -3.12. The van der Waals surface area contributed by atoms with Crippen molar-refractivity contribution in [2.75, 3.05) is 25.0 Å². The smallest absolute Gasteiger partial charge is 0.242 e. The number of nitrogens with zero attached hydrogens (tertiary/aromatic N) is 4. The number of carbonyl (C=O) groups is 2. The van der Waals surface area contributed by atoms with Crippen molar-refractivity contribution in [3.05, 3.63) is 66.4 Å². The second-order valence-corrected chi connectivity index (χ2v) is 10.00. The van der Waals surface area contributed by atoms with Gasteiger partial charge in [-0.15, -0.1) is 0 Å². The number of rotatable bonds is 3. The summed E-state index contributed by atoms with van der Waals surface area (Å²) in [6, 6.07) is 19.1. The highest BCUT2D eigenvalue weighted by Gasteiger charge is 2.32. The number of likely N-dealkylation sites (N-methyl/N-ethyl adjacent to an activating group) is 1. The third kappa shape index (κ3) is 4.85. The molecule has 2 amide bonds. The van der Waals surface area contributed by atoms with Gasteiger partial charge >= 0.3 is 0 Å². The summed E-state index contributed by atoms with van der Waals surface area (Å²) in [4.78, 5) is 33.3. The molecule has 5 rings (SSSR count). The van der Waals surface area contributed by atoms with Crippen LogP contribution in [0.5, 0.6) is 0 Å². The maximum Gasteiger partial charge on any atom is 0.242 e. The van der Waals surface area contributed by atoms with Gasteiger partial charge in [0, 0.05) is 55.5 Å². The first-order valence-corrected chi connectivity index (χ1v) is 13.0. The van der Waals surface area contributed by atoms with Gasteiger partial charge in [0.05, 0.1) is 0 Å². The summed E-state index contributed by atoms with van der Waals surface area (Å²) in [6.45, 7) is 4.18. The van der Waals surface area contributed by atoms with E-state index in [4.69, 9.17) is 0 Å². The summed E-state index contributed by atoms with van der Waals surface area (Å²) >= 11 is 0. The van der Waals surface area contributed by atoms with Crippen molar-refractivity contribution < 1.29 is 9.59 Å². The van der Waals surface area contributed by atoms with Crippen LogP contribution in [0.2, 0.25) is 0 Å². The molecule has 2 atom stereocenters. The molecular weight excluding hydrogens is 436 g/mol. The molecule has 0 aliphatic carbocycles. The Bertz CT molecular complexity index is 1200. The van der Waals surface area contributed by atoms with Gasteiger partial charge in [0.25, 0.3) is 0 Å². The number of carbonyl (C=O) groups excluding carboxylic acids is 2. The van der Waals surface area contributed by atoms with E-state index in [0.29, 0.717) is 44.7 Å². The average Bonchev–Trinajstić information content (AvgIpc) is 3.28. The summed E-state index contributed by atoms with van der Waals surface area (Å²) in [6.07, 6.45) is 6.84. The van der Waals surface area contributed by atoms with Crippen LogP contribution in [0.15, 0.2) is 60.8 Å². The lowest BCUT2D eigenvalue weighted by molar-refractivity contribution is -0.133. The lowest BCUT2D eigenvalue weighted by Crippen LogP contribution is -2.51. The molecule has 6 nitrogen and oxygen atoms in total. The molecule has 35 heavy (non-hydrogen) atoms. The van der Waals surface area contributed by atoms with Crippen LogP contribution >= 0.6 is 0 Å². The zero-order valence-electron chi connectivity index (χ0n) is 20.9. The molecular formula is C29H36N4O2. The molecule has 0 N–H and O–H groups in total. The second kappa shape index (κ2) is 10.2. The molecule has 1 fully saturated rings. The number of fused-ring (bicyclic) bond motifs is 4. The van der Waals surface area contributed by atoms with E-state index in [2.05, 4.69) is 40.8 Å². The molecule has 2 bridgehead atoms. The quantitative estimate of drug-likeness (QED) is 0.557. The van der Waals surface area contributed by atoms with E-state index >= 15 is 0 Å². The predicted octanol–water partition coefficient (Wildman–Crippen LogP) is 4.67. The lowest BCUT2D eigenvalue weighted by Gasteiger charge is -2.42. The molecule has 3 aromatic rings. The molecule has 2 unspecified atom stereocenters. The van der Waals surface area contributed by atoms with E-state index in [1.54, 1.807) is 0 Å². The summed E-state index contributed by atoms with van der Waals surface area (Å²) < 4.78 is 2.05. The standard InChI is InChI=1S/C29H36N4O2/c1-3-28(34)33-18-16-24-11-8-12-25(30(24)2)20-32(19-23-10-5-7-14-27(23)33)29(35)21-31-17-15-22-9-4-6-13-26(22)31/h4-7,9-10,13-15,17,24-25H,3,8,11-12,16,18-21H2,1-2H3. The summed E-state index contributed by atoms with van der Waals surface area (Å²) in [5.41, 5.74) is 3.07. The Morgan fingerprint density at radius 3 is 2.54 bits per heavy atom. The van der Waals surface area contributed by atoms with Crippen molar-refractivity contribution in [3.8, 4) is 0 Å². The fourth-order valence-electron chi connectivity index (χ4n) is 5.86. The number of anilines is 1. The van der Waals surface area contributed by atoms with Crippen molar-refractivity contribution in [2.24, 2.45) is 0 Å². The molecule has 3 heterocycles. The molecule has 0 spiro atoms. The van der Waals surface area contributed by atoms with E-state index in [0.717, 1.165) is 41.4 Å². The number of hydrogen-bond acceptors (Lipinski definition) is 3. The molecule has 184 valence electrons. The van der Waals surface area contributed by atoms with Crippen LogP contribution < -0.4 is 4.90 Å². The van der Waals surface area contributed by atoms with Crippen LogP contribution in [0.1, 0.15) is 44.6 Å². The maximum atomic E-state index is 13.8. The van der Waals surface area contributed by atoms with E-state index < -0.39 is 0 Å². The summed E-state index contributed by atoms with van der Waals surface area (Å²) in [5, 5.41) is 1.15. The first-order chi connectivity index (χ1) is 17.0. The highest BCUT2D eigenvalue weighted by molar-refractivity contribution is 5.94. The van der Waals surface area contributed by atoms with Gasteiger partial charge in [-0.05, 0) is 55.5 Å². The fraction of sp³-hybridized carbons (Fsp3) is 0.448. The minimum absolute atomic E-state index is 0.115. The number of hydrogen-bond donors (Lipinski definition) is 0. The van der Waals surface area contributed by atoms with Crippen LogP contribution in [0.4, 0.5) is 5.69 Å². The Balaban J connectivity index is 1.50. The van der Waals surface area contributed by atoms with Crippen molar-refractivity contribution >= 4 is 28.4 Å². The number of amides is 2. The fourth-order valence-corrected chi connectivity index (χ4v) is 5.86. The van der Waals surface area contributed by atoms with E-state index in [1.165, 1.54) is 6.42 Å². The van der Waals surface area contributed by atoms with Crippen molar-refractivity contribution in [1.82, 2.24) is 14.4 Å². The largest absolute Gasteiger partial charge is 0.338 e. The monoisotopic (exact) mass is 472 g/mol. The van der Waals surface area contributed by atoms with E-state index in [9.17, 15) is 9.59 Å². The number of para-hydroxylation sites is 2. The number of piperidine rings is 1. The van der Waals surface area contributed by atoms with Crippen LogP contribution in [0.25, 0.3) is 10.9 Å². The van der Waals surface area contributed by atoms with Crippen LogP contribution in [-0.2, 0) is 22.7 Å². The van der Waals surface area contributed by atoms with Gasteiger partial charge in [0.15, 0.2) is 0 Å². The Morgan fingerprint density at radius 2 is 1.69 bits per heavy atom. The highest BCUT2D eigenvalue weighted by Crippen LogP contribution is 2.30. The third-order valence-electron chi connectivity index (χ3n) is 7.93. The minimum atomic E-state index is 0.115. The van der Waals surface area contributed by atoms with Gasteiger partial charge in [-0.1, -0.05) is 49.7 Å². The maximum absolute atomic E-state index is 13.8. The highest BCUT2D eigenvalue weighted by atomic mass is 16.2. The van der Waals surface area contributed by atoms with Crippen LogP contribution in [0, 0.1) is 0 Å². The third-order valence-corrected chi connectivity index (χ3v) is 7.93. The van der Waals surface area contributed by atoms with E-state index in [1.807, 2.05) is 53.3 Å². The Morgan fingerprint density at radius 1 is 0.914 bits per heavy atom. The topological polar surface area (TPSA) is 48.8 Å². The van der Waals surface area contributed by atoms with Crippen molar-refractivity contribution in [3.63, 3.8) is 0 Å². The molecule has 2 aliphatic heterocycles. The van der Waals surface area contributed by atoms with Gasteiger partial charge < -0.3 is 14.4 Å². The van der Waals surface area contributed by atoms with Crippen LogP contribution in [-0.4, -0.2) is 58.4 Å². The van der Waals surface area contributed by atoms with Gasteiger partial charge in [-0.25, -0.2) is 0 Å². The molecule has 0 radical (unpaired) electrons. The number of benzene rings is 2. The Kier molecular flexibility index (Phi) is 6.91. The zero-order valence-corrected chi connectivity index (χ0v) is 20.9. The normalized spacial score (nSPS) is 21.4. The summed E-state index contributed by atoms with van der Waals surface area (Å²) in [7, 11) is 2.20. The lowest BCUT2D eigenvalue weighted by atomic mass is 9.93. The van der Waals surface area contributed by atoms with Gasteiger partial charge in [-0.2, -0.15) is 0 Å². The SMILES string of the molecule is CCC(=O)N1CCC2CCCC(CN(C(=O)Cn3ccc4ccccc43)Cc3ccccc31)N2C. The molecule has 2 aromatic carbocycles. The molecule has 0 saturated carbocycles.